The Morgan fingerprint density at radius 2 is 2.06 bits per heavy atom. The Bertz CT molecular complexity index is 306. The second-order valence-electron chi connectivity index (χ2n) is 3.10. The minimum atomic E-state index is -0.492. The molecule has 1 unspecified atom stereocenters. The summed E-state index contributed by atoms with van der Waals surface area (Å²) in [6, 6.07) is 9.17. The number of ether oxygens (including phenoxy) is 1. The number of hydrogen-bond acceptors (Lipinski definition) is 3. The first-order chi connectivity index (χ1) is 7.27. The normalized spacial score (nSPS) is 11.4. The molecular weight excluding hydrogens is 249 g/mol. The molecule has 0 heterocycles. The van der Waals surface area contributed by atoms with Gasteiger partial charge in [-0.05, 0) is 30.7 Å². The molecule has 1 rings (SSSR count). The fraction of sp³-hybridized carbons (Fsp3) is 0.364. The summed E-state index contributed by atoms with van der Waals surface area (Å²) < 4.78 is 4.88. The largest absolute Gasteiger partial charge is 0.465 e. The summed E-state index contributed by atoms with van der Waals surface area (Å²) in [6.07, 6.45) is 0.531. The van der Waals surface area contributed by atoms with Crippen molar-refractivity contribution in [3.63, 3.8) is 0 Å². The Hall–Kier alpha value is -0.770. The molecule has 0 fully saturated rings. The number of hydrogen-bond donors (Lipinski definition) is 1. The lowest BCUT2D eigenvalue weighted by Gasteiger charge is -2.12. The van der Waals surface area contributed by atoms with Gasteiger partial charge in [0.2, 0.25) is 0 Å². The molecule has 0 aliphatic rings. The molecule has 1 N–H and O–H groups in total. The van der Waals surface area contributed by atoms with E-state index in [1.54, 1.807) is 6.92 Å². The lowest BCUT2D eigenvalue weighted by atomic mass is 10.1. The highest BCUT2D eigenvalue weighted by molar-refractivity contribution is 6.14. The van der Waals surface area contributed by atoms with Crippen molar-refractivity contribution in [1.82, 2.24) is 4.84 Å². The van der Waals surface area contributed by atoms with E-state index in [2.05, 4.69) is 4.84 Å². The Morgan fingerprint density at radius 3 is 2.56 bits per heavy atom. The molecule has 0 spiro atoms. The smallest absolute Gasteiger partial charge is 0.324 e. The number of halogens is 2. The number of nitrogens with one attached hydrogen (secondary N) is 1. The van der Waals surface area contributed by atoms with E-state index in [-0.39, 0.29) is 18.4 Å². The van der Waals surface area contributed by atoms with Crippen LogP contribution in [0.2, 0.25) is 0 Å². The lowest BCUT2D eigenvalue weighted by Crippen LogP contribution is -2.34. The zero-order chi connectivity index (χ0) is 11.1. The molecule has 0 radical (unpaired) electrons. The maximum Gasteiger partial charge on any atom is 0.324 e. The van der Waals surface area contributed by atoms with E-state index in [9.17, 15) is 4.79 Å². The van der Waals surface area contributed by atoms with Gasteiger partial charge in [-0.3, -0.25) is 4.79 Å². The first-order valence-electron chi connectivity index (χ1n) is 4.84. The second kappa shape index (κ2) is 8.39. The number of rotatable bonds is 5. The molecule has 1 aromatic carbocycles. The Balaban J connectivity index is 0.00000225. The molecule has 0 aromatic heterocycles. The van der Waals surface area contributed by atoms with Gasteiger partial charge in [-0.1, -0.05) is 30.3 Å². The van der Waals surface area contributed by atoms with Gasteiger partial charge in [-0.15, -0.1) is 12.4 Å². The quantitative estimate of drug-likeness (QED) is 0.655. The van der Waals surface area contributed by atoms with Crippen LogP contribution < -0.4 is 4.84 Å². The molecule has 0 amide bonds. The van der Waals surface area contributed by atoms with Crippen LogP contribution in [0.5, 0.6) is 0 Å². The van der Waals surface area contributed by atoms with E-state index in [1.807, 2.05) is 30.3 Å². The van der Waals surface area contributed by atoms with Gasteiger partial charge in [0.1, 0.15) is 6.04 Å². The third kappa shape index (κ3) is 4.84. The lowest BCUT2D eigenvalue weighted by molar-refractivity contribution is -0.145. The summed E-state index contributed by atoms with van der Waals surface area (Å²) in [5, 5.41) is 0. The summed E-state index contributed by atoms with van der Waals surface area (Å²) in [4.78, 5) is 13.8. The molecule has 3 nitrogen and oxygen atoms in total. The predicted octanol–water partition coefficient (Wildman–Crippen LogP) is 2.33. The first-order valence-corrected chi connectivity index (χ1v) is 5.22. The van der Waals surface area contributed by atoms with Crippen molar-refractivity contribution in [3.8, 4) is 0 Å². The van der Waals surface area contributed by atoms with Crippen LogP contribution in [0.1, 0.15) is 12.5 Å². The van der Waals surface area contributed by atoms with Crippen molar-refractivity contribution in [2.45, 2.75) is 19.4 Å². The SMILES string of the molecule is CCOC(=O)C(Cc1ccccc1)NCl.Cl. The van der Waals surface area contributed by atoms with Crippen LogP contribution in [0.3, 0.4) is 0 Å². The average Bonchev–Trinajstić information content (AvgIpc) is 2.27. The van der Waals surface area contributed by atoms with Crippen molar-refractivity contribution < 1.29 is 9.53 Å². The Labute approximate surface area is 107 Å². The third-order valence-corrected chi connectivity index (χ3v) is 2.25. The van der Waals surface area contributed by atoms with E-state index in [0.29, 0.717) is 13.0 Å². The fourth-order valence-electron chi connectivity index (χ4n) is 1.26. The number of benzene rings is 1. The third-order valence-electron chi connectivity index (χ3n) is 1.99. The molecule has 0 aliphatic heterocycles. The molecule has 16 heavy (non-hydrogen) atoms. The first kappa shape index (κ1) is 15.2. The van der Waals surface area contributed by atoms with Crippen molar-refractivity contribution >= 4 is 30.2 Å². The van der Waals surface area contributed by atoms with Gasteiger partial charge in [0.15, 0.2) is 0 Å². The highest BCUT2D eigenvalue weighted by Crippen LogP contribution is 2.05. The fourth-order valence-corrected chi connectivity index (χ4v) is 1.43. The predicted molar refractivity (Wildman–Crippen MR) is 66.8 cm³/mol. The van der Waals surface area contributed by atoms with E-state index < -0.39 is 6.04 Å². The minimum Gasteiger partial charge on any atom is -0.465 e. The Kier molecular flexibility index (Phi) is 7.99. The van der Waals surface area contributed by atoms with Gasteiger partial charge < -0.3 is 4.74 Å². The molecule has 1 atom stereocenters. The summed E-state index contributed by atoms with van der Waals surface area (Å²) in [5.74, 6) is -0.323. The highest BCUT2D eigenvalue weighted by atomic mass is 35.5. The Morgan fingerprint density at radius 1 is 1.44 bits per heavy atom. The number of esters is 1. The van der Waals surface area contributed by atoms with Gasteiger partial charge in [0.05, 0.1) is 6.61 Å². The average molecular weight is 264 g/mol. The maximum absolute atomic E-state index is 11.4. The van der Waals surface area contributed by atoms with Gasteiger partial charge in [0.25, 0.3) is 0 Å². The zero-order valence-corrected chi connectivity index (χ0v) is 10.6. The number of carbonyl (C=O) groups excluding carboxylic acids is 1. The molecule has 0 aliphatic carbocycles. The monoisotopic (exact) mass is 263 g/mol. The summed E-state index contributed by atoms with van der Waals surface area (Å²) >= 11 is 5.50. The zero-order valence-electron chi connectivity index (χ0n) is 8.98. The van der Waals surface area contributed by atoms with Gasteiger partial charge >= 0.3 is 5.97 Å². The van der Waals surface area contributed by atoms with Crippen LogP contribution in [0.4, 0.5) is 0 Å². The van der Waals surface area contributed by atoms with Crippen molar-refractivity contribution in [1.29, 1.82) is 0 Å². The summed E-state index contributed by atoms with van der Waals surface area (Å²) in [7, 11) is 0. The van der Waals surface area contributed by atoms with Gasteiger partial charge in [-0.2, -0.15) is 0 Å². The van der Waals surface area contributed by atoms with E-state index >= 15 is 0 Å². The van der Waals surface area contributed by atoms with Crippen molar-refractivity contribution in [2.24, 2.45) is 0 Å². The molecule has 5 heteroatoms. The maximum atomic E-state index is 11.4. The van der Waals surface area contributed by atoms with E-state index in [1.165, 1.54) is 0 Å². The minimum absolute atomic E-state index is 0. The highest BCUT2D eigenvalue weighted by Gasteiger charge is 2.18. The van der Waals surface area contributed by atoms with E-state index in [0.717, 1.165) is 5.56 Å². The molecular formula is C11H15Cl2NO2. The van der Waals surface area contributed by atoms with Gasteiger partial charge in [0, 0.05) is 0 Å². The van der Waals surface area contributed by atoms with Crippen LogP contribution in [0.15, 0.2) is 30.3 Å². The van der Waals surface area contributed by atoms with Crippen LogP contribution in [-0.4, -0.2) is 18.6 Å². The molecule has 0 saturated heterocycles. The summed E-state index contributed by atoms with van der Waals surface area (Å²) in [5.41, 5.74) is 1.05. The van der Waals surface area contributed by atoms with Crippen LogP contribution >= 0.6 is 24.2 Å². The van der Waals surface area contributed by atoms with Crippen LogP contribution in [0, 0.1) is 0 Å². The van der Waals surface area contributed by atoms with Crippen molar-refractivity contribution in [2.75, 3.05) is 6.61 Å². The molecule has 90 valence electrons. The number of carbonyl (C=O) groups is 1. The molecule has 0 saturated carbocycles. The van der Waals surface area contributed by atoms with Gasteiger partial charge in [-0.25, -0.2) is 4.84 Å². The summed E-state index contributed by atoms with van der Waals surface area (Å²) in [6.45, 7) is 2.13. The topological polar surface area (TPSA) is 38.3 Å². The van der Waals surface area contributed by atoms with Crippen LogP contribution in [-0.2, 0) is 16.0 Å². The molecule has 1 aromatic rings. The van der Waals surface area contributed by atoms with Crippen LogP contribution in [0.25, 0.3) is 0 Å². The van der Waals surface area contributed by atoms with Crippen molar-refractivity contribution in [3.05, 3.63) is 35.9 Å². The second-order valence-corrected chi connectivity index (χ2v) is 3.32. The molecule has 0 bridgehead atoms. The standard InChI is InChI=1S/C11H14ClNO2.ClH/c1-2-15-11(14)10(13-12)8-9-6-4-3-5-7-9;/h3-7,10,13H,2,8H2,1H3;1H. The van der Waals surface area contributed by atoms with E-state index in [4.69, 9.17) is 16.5 Å².